The summed E-state index contributed by atoms with van der Waals surface area (Å²) in [4.78, 5) is 0.285. The lowest BCUT2D eigenvalue weighted by molar-refractivity contribution is 0.388. The minimum absolute atomic E-state index is 0.0918. The average molecular weight is 267 g/mol. The zero-order chi connectivity index (χ0) is 12.8. The SMILES string of the molecule is O=S(=O)(c1ccc(O)cc1)N(CC1CC1)C1CC1. The largest absolute Gasteiger partial charge is 0.508 e. The highest BCUT2D eigenvalue weighted by molar-refractivity contribution is 7.89. The van der Waals surface area contributed by atoms with E-state index in [9.17, 15) is 13.5 Å². The minimum atomic E-state index is -3.39. The van der Waals surface area contributed by atoms with Crippen LogP contribution in [0.15, 0.2) is 29.2 Å². The minimum Gasteiger partial charge on any atom is -0.508 e. The van der Waals surface area contributed by atoms with Crippen LogP contribution in [-0.4, -0.2) is 30.4 Å². The van der Waals surface area contributed by atoms with E-state index in [4.69, 9.17) is 0 Å². The molecule has 1 aromatic rings. The van der Waals surface area contributed by atoms with Gasteiger partial charge in [0.15, 0.2) is 0 Å². The monoisotopic (exact) mass is 267 g/mol. The Balaban J connectivity index is 1.88. The number of hydrogen-bond donors (Lipinski definition) is 1. The van der Waals surface area contributed by atoms with Crippen LogP contribution in [0.1, 0.15) is 25.7 Å². The maximum atomic E-state index is 12.5. The number of hydrogen-bond acceptors (Lipinski definition) is 3. The summed E-state index contributed by atoms with van der Waals surface area (Å²) in [6, 6.07) is 6.01. The number of aromatic hydroxyl groups is 1. The van der Waals surface area contributed by atoms with Crippen molar-refractivity contribution in [3.63, 3.8) is 0 Å². The van der Waals surface area contributed by atoms with Crippen LogP contribution in [0.4, 0.5) is 0 Å². The summed E-state index contributed by atoms with van der Waals surface area (Å²) < 4.78 is 26.7. The van der Waals surface area contributed by atoms with Crippen molar-refractivity contribution in [2.75, 3.05) is 6.54 Å². The summed E-state index contributed by atoms with van der Waals surface area (Å²) in [5.41, 5.74) is 0. The second-order valence-electron chi connectivity index (χ2n) is 5.24. The molecule has 0 atom stereocenters. The molecule has 98 valence electrons. The van der Waals surface area contributed by atoms with Crippen LogP contribution in [0, 0.1) is 5.92 Å². The molecule has 4 nitrogen and oxygen atoms in total. The first-order chi connectivity index (χ1) is 8.57. The molecular weight excluding hydrogens is 250 g/mol. The van der Waals surface area contributed by atoms with E-state index < -0.39 is 10.0 Å². The molecule has 0 heterocycles. The van der Waals surface area contributed by atoms with Gasteiger partial charge in [0.05, 0.1) is 4.90 Å². The molecule has 0 aliphatic heterocycles. The van der Waals surface area contributed by atoms with Crippen LogP contribution in [0.3, 0.4) is 0 Å². The molecule has 0 radical (unpaired) electrons. The predicted octanol–water partition coefficient (Wildman–Crippen LogP) is 1.96. The lowest BCUT2D eigenvalue weighted by atomic mass is 10.3. The van der Waals surface area contributed by atoms with E-state index in [0.717, 1.165) is 25.7 Å². The van der Waals surface area contributed by atoms with E-state index in [2.05, 4.69) is 0 Å². The average Bonchev–Trinajstić information content (AvgIpc) is 3.19. The normalized spacial score (nSPS) is 20.3. The number of phenols is 1. The van der Waals surface area contributed by atoms with Gasteiger partial charge in [0.1, 0.15) is 5.75 Å². The second-order valence-corrected chi connectivity index (χ2v) is 7.13. The molecule has 1 N–H and O–H groups in total. The van der Waals surface area contributed by atoms with Crippen LogP contribution in [0.25, 0.3) is 0 Å². The van der Waals surface area contributed by atoms with Gasteiger partial charge in [0, 0.05) is 12.6 Å². The van der Waals surface area contributed by atoms with Crippen molar-refractivity contribution in [3.05, 3.63) is 24.3 Å². The van der Waals surface area contributed by atoms with Gasteiger partial charge in [-0.15, -0.1) is 0 Å². The van der Waals surface area contributed by atoms with Gasteiger partial charge in [0.25, 0.3) is 0 Å². The summed E-state index contributed by atoms with van der Waals surface area (Å²) in [6.45, 7) is 0.661. The van der Waals surface area contributed by atoms with E-state index in [-0.39, 0.29) is 16.7 Å². The van der Waals surface area contributed by atoms with Gasteiger partial charge < -0.3 is 5.11 Å². The topological polar surface area (TPSA) is 57.6 Å². The van der Waals surface area contributed by atoms with Crippen molar-refractivity contribution in [2.45, 2.75) is 36.6 Å². The van der Waals surface area contributed by atoms with Gasteiger partial charge in [-0.1, -0.05) is 0 Å². The van der Waals surface area contributed by atoms with Crippen molar-refractivity contribution in [1.82, 2.24) is 4.31 Å². The van der Waals surface area contributed by atoms with Gasteiger partial charge in [-0.25, -0.2) is 8.42 Å². The van der Waals surface area contributed by atoms with E-state index >= 15 is 0 Å². The van der Waals surface area contributed by atoms with Gasteiger partial charge in [-0.05, 0) is 55.9 Å². The summed E-state index contributed by atoms with van der Waals surface area (Å²) in [5, 5.41) is 9.23. The van der Waals surface area contributed by atoms with Gasteiger partial charge in [-0.2, -0.15) is 4.31 Å². The Labute approximate surface area is 107 Å². The summed E-state index contributed by atoms with van der Waals surface area (Å²) in [6.07, 6.45) is 4.25. The number of nitrogens with zero attached hydrogens (tertiary/aromatic N) is 1. The van der Waals surface area contributed by atoms with Crippen molar-refractivity contribution in [1.29, 1.82) is 0 Å². The molecule has 2 aliphatic carbocycles. The maximum Gasteiger partial charge on any atom is 0.243 e. The van der Waals surface area contributed by atoms with Crippen LogP contribution in [-0.2, 0) is 10.0 Å². The van der Waals surface area contributed by atoms with Crippen LogP contribution in [0.2, 0.25) is 0 Å². The Morgan fingerprint density at radius 2 is 1.72 bits per heavy atom. The standard InChI is InChI=1S/C13H17NO3S/c15-12-5-7-13(8-6-12)18(16,17)14(11-3-4-11)9-10-1-2-10/h5-8,10-11,15H,1-4,9H2. The number of sulfonamides is 1. The van der Waals surface area contributed by atoms with Crippen LogP contribution < -0.4 is 0 Å². The molecule has 18 heavy (non-hydrogen) atoms. The van der Waals surface area contributed by atoms with E-state index in [0.29, 0.717) is 12.5 Å². The van der Waals surface area contributed by atoms with E-state index in [1.165, 1.54) is 24.3 Å². The zero-order valence-electron chi connectivity index (χ0n) is 10.1. The van der Waals surface area contributed by atoms with Gasteiger partial charge >= 0.3 is 0 Å². The van der Waals surface area contributed by atoms with Gasteiger partial charge in [0.2, 0.25) is 10.0 Å². The van der Waals surface area contributed by atoms with Crippen molar-refractivity contribution < 1.29 is 13.5 Å². The highest BCUT2D eigenvalue weighted by atomic mass is 32.2. The summed E-state index contributed by atoms with van der Waals surface area (Å²) in [5.74, 6) is 0.645. The molecule has 0 bridgehead atoms. The Morgan fingerprint density at radius 3 is 2.22 bits per heavy atom. The fourth-order valence-electron chi connectivity index (χ4n) is 2.11. The summed E-state index contributed by atoms with van der Waals surface area (Å²) in [7, 11) is -3.39. The highest BCUT2D eigenvalue weighted by Gasteiger charge is 2.40. The molecular formula is C13H17NO3S. The lowest BCUT2D eigenvalue weighted by Crippen LogP contribution is -2.34. The fourth-order valence-corrected chi connectivity index (χ4v) is 3.88. The first kappa shape index (κ1) is 12.0. The lowest BCUT2D eigenvalue weighted by Gasteiger charge is -2.21. The third-order valence-corrected chi connectivity index (χ3v) is 5.47. The summed E-state index contributed by atoms with van der Waals surface area (Å²) >= 11 is 0. The Bertz CT molecular complexity index is 530. The molecule has 1 aromatic carbocycles. The predicted molar refractivity (Wildman–Crippen MR) is 67.7 cm³/mol. The number of phenolic OH excluding ortho intramolecular Hbond substituents is 1. The molecule has 0 aromatic heterocycles. The van der Waals surface area contributed by atoms with E-state index in [1.807, 2.05) is 0 Å². The third kappa shape index (κ3) is 2.37. The molecule has 2 fully saturated rings. The second kappa shape index (κ2) is 4.24. The van der Waals surface area contributed by atoms with Crippen LogP contribution in [0.5, 0.6) is 5.75 Å². The molecule has 0 spiro atoms. The zero-order valence-corrected chi connectivity index (χ0v) is 10.9. The van der Waals surface area contributed by atoms with Crippen molar-refractivity contribution in [2.24, 2.45) is 5.92 Å². The smallest absolute Gasteiger partial charge is 0.243 e. The quantitative estimate of drug-likeness (QED) is 0.887. The Morgan fingerprint density at radius 1 is 1.11 bits per heavy atom. The molecule has 5 heteroatoms. The van der Waals surface area contributed by atoms with Gasteiger partial charge in [-0.3, -0.25) is 0 Å². The molecule has 0 amide bonds. The van der Waals surface area contributed by atoms with Crippen LogP contribution >= 0.6 is 0 Å². The molecule has 3 rings (SSSR count). The Hall–Kier alpha value is -1.07. The molecule has 0 saturated heterocycles. The first-order valence-corrected chi connectivity index (χ1v) is 7.82. The highest BCUT2D eigenvalue weighted by Crippen LogP contribution is 2.38. The number of rotatable bonds is 5. The van der Waals surface area contributed by atoms with E-state index in [1.54, 1.807) is 4.31 Å². The molecule has 0 unspecified atom stereocenters. The molecule has 2 aliphatic rings. The number of benzene rings is 1. The maximum absolute atomic E-state index is 12.5. The first-order valence-electron chi connectivity index (χ1n) is 6.38. The third-order valence-electron chi connectivity index (χ3n) is 3.53. The Kier molecular flexibility index (Phi) is 2.83. The molecule has 2 saturated carbocycles. The van der Waals surface area contributed by atoms with Crippen molar-refractivity contribution in [3.8, 4) is 5.75 Å². The fraction of sp³-hybridized carbons (Fsp3) is 0.538. The van der Waals surface area contributed by atoms with Crippen molar-refractivity contribution >= 4 is 10.0 Å².